The van der Waals surface area contributed by atoms with E-state index in [1.54, 1.807) is 18.7 Å². The Morgan fingerprint density at radius 2 is 1.97 bits per heavy atom. The number of nitrogens with zero attached hydrogens (tertiary/aromatic N) is 5. The number of non-ortho nitro benzene ring substituents is 1. The van der Waals surface area contributed by atoms with Crippen LogP contribution in [0.3, 0.4) is 0 Å². The van der Waals surface area contributed by atoms with Gasteiger partial charge in [0.15, 0.2) is 0 Å². The summed E-state index contributed by atoms with van der Waals surface area (Å²) >= 11 is 0. The van der Waals surface area contributed by atoms with Gasteiger partial charge in [0.1, 0.15) is 23.1 Å². The number of fused-ring (bicyclic) bond motifs is 1. The number of rotatable bonds is 4. The molecule has 3 heterocycles. The standard InChI is InChI=1S/C18H17N5O6/c1-8-13(9(2)21(3)19-8)15-14-16(29-20-15)18(25)22(17(14)24)11-7-10(23(26)27)5-6-12(11)28-4/h5-7,14,16H,1-4H3/t14-,16-/m0/s1. The molecule has 0 N–H and O–H groups in total. The molecule has 0 saturated carbocycles. The summed E-state index contributed by atoms with van der Waals surface area (Å²) in [5, 5.41) is 19.5. The number of ether oxygens (including phenoxy) is 1. The lowest BCUT2D eigenvalue weighted by Gasteiger charge is -2.18. The average molecular weight is 399 g/mol. The first-order valence-corrected chi connectivity index (χ1v) is 8.70. The molecule has 1 aromatic carbocycles. The van der Waals surface area contributed by atoms with Crippen LogP contribution in [0.5, 0.6) is 5.75 Å². The van der Waals surface area contributed by atoms with Crippen molar-refractivity contribution >= 4 is 28.9 Å². The molecule has 2 aromatic rings. The number of carbonyl (C=O) groups is 2. The number of aromatic nitrogens is 2. The number of imide groups is 1. The molecule has 2 aliphatic heterocycles. The largest absolute Gasteiger partial charge is 0.495 e. The second kappa shape index (κ2) is 6.40. The molecule has 0 unspecified atom stereocenters. The van der Waals surface area contributed by atoms with Gasteiger partial charge in [0.05, 0.1) is 17.7 Å². The first-order valence-electron chi connectivity index (χ1n) is 8.70. The minimum Gasteiger partial charge on any atom is -0.495 e. The predicted molar refractivity (Wildman–Crippen MR) is 99.7 cm³/mol. The zero-order chi connectivity index (χ0) is 21.0. The molecule has 0 bridgehead atoms. The van der Waals surface area contributed by atoms with Crippen LogP contribution in [0.25, 0.3) is 0 Å². The van der Waals surface area contributed by atoms with Crippen molar-refractivity contribution in [2.75, 3.05) is 12.0 Å². The molecule has 2 atom stereocenters. The van der Waals surface area contributed by atoms with Crippen molar-refractivity contribution in [1.82, 2.24) is 9.78 Å². The lowest BCUT2D eigenvalue weighted by molar-refractivity contribution is -0.384. The van der Waals surface area contributed by atoms with Crippen molar-refractivity contribution in [1.29, 1.82) is 0 Å². The van der Waals surface area contributed by atoms with Crippen molar-refractivity contribution in [3.05, 3.63) is 45.3 Å². The van der Waals surface area contributed by atoms with E-state index in [4.69, 9.17) is 9.57 Å². The number of carbonyl (C=O) groups excluding carboxylic acids is 2. The van der Waals surface area contributed by atoms with Crippen LogP contribution in [-0.4, -0.2) is 45.4 Å². The van der Waals surface area contributed by atoms with Crippen LogP contribution in [-0.2, 0) is 21.5 Å². The van der Waals surface area contributed by atoms with Gasteiger partial charge >= 0.3 is 0 Å². The third-order valence-corrected chi connectivity index (χ3v) is 5.19. The fraction of sp³-hybridized carbons (Fsp3) is 0.333. The van der Waals surface area contributed by atoms with E-state index in [0.29, 0.717) is 17.0 Å². The quantitative estimate of drug-likeness (QED) is 0.430. The lowest BCUT2D eigenvalue weighted by atomic mass is 9.93. The van der Waals surface area contributed by atoms with Gasteiger partial charge in [-0.15, -0.1) is 0 Å². The fourth-order valence-corrected chi connectivity index (χ4v) is 3.73. The van der Waals surface area contributed by atoms with Gasteiger partial charge in [-0.1, -0.05) is 5.16 Å². The Morgan fingerprint density at radius 3 is 2.55 bits per heavy atom. The highest BCUT2D eigenvalue weighted by atomic mass is 16.7. The summed E-state index contributed by atoms with van der Waals surface area (Å²) in [5.41, 5.74) is 2.12. The van der Waals surface area contributed by atoms with E-state index in [0.717, 1.165) is 16.7 Å². The van der Waals surface area contributed by atoms with Gasteiger partial charge in [0, 0.05) is 30.4 Å². The fourth-order valence-electron chi connectivity index (χ4n) is 3.73. The molecular formula is C18H17N5O6. The number of oxime groups is 1. The van der Waals surface area contributed by atoms with Crippen LogP contribution in [0.4, 0.5) is 11.4 Å². The Morgan fingerprint density at radius 1 is 1.24 bits per heavy atom. The Balaban J connectivity index is 1.79. The van der Waals surface area contributed by atoms with Crippen LogP contribution in [0, 0.1) is 29.9 Å². The molecule has 1 saturated heterocycles. The van der Waals surface area contributed by atoms with Crippen molar-refractivity contribution in [2.24, 2.45) is 18.1 Å². The number of nitro groups is 1. The Labute approximate surface area is 164 Å². The van der Waals surface area contributed by atoms with Crippen LogP contribution >= 0.6 is 0 Å². The second-order valence-electron chi connectivity index (χ2n) is 6.77. The molecular weight excluding hydrogens is 382 g/mol. The van der Waals surface area contributed by atoms with E-state index < -0.39 is 28.8 Å². The molecule has 29 heavy (non-hydrogen) atoms. The molecule has 1 aromatic heterocycles. The smallest absolute Gasteiger partial charge is 0.279 e. The number of benzene rings is 1. The van der Waals surface area contributed by atoms with Crippen LogP contribution in [0.1, 0.15) is 17.0 Å². The third-order valence-electron chi connectivity index (χ3n) is 5.19. The predicted octanol–water partition coefficient (Wildman–Crippen LogP) is 1.25. The van der Waals surface area contributed by atoms with Gasteiger partial charge in [0.25, 0.3) is 11.6 Å². The molecule has 11 heteroatoms. The highest BCUT2D eigenvalue weighted by Gasteiger charge is 2.57. The minimum absolute atomic E-state index is 0.00585. The van der Waals surface area contributed by atoms with E-state index in [1.807, 2.05) is 6.92 Å². The van der Waals surface area contributed by atoms with Crippen LogP contribution in [0.15, 0.2) is 23.4 Å². The lowest BCUT2D eigenvalue weighted by Crippen LogP contribution is -2.33. The highest BCUT2D eigenvalue weighted by Crippen LogP contribution is 2.40. The monoisotopic (exact) mass is 399 g/mol. The van der Waals surface area contributed by atoms with Gasteiger partial charge in [-0.05, 0) is 19.9 Å². The molecule has 4 rings (SSSR count). The van der Waals surface area contributed by atoms with Crippen molar-refractivity contribution in [3.63, 3.8) is 0 Å². The van der Waals surface area contributed by atoms with E-state index in [-0.39, 0.29) is 17.1 Å². The zero-order valence-corrected chi connectivity index (χ0v) is 16.1. The maximum Gasteiger partial charge on any atom is 0.279 e. The average Bonchev–Trinajstić information content (AvgIpc) is 3.29. The first-order chi connectivity index (χ1) is 13.8. The molecule has 2 amide bonds. The van der Waals surface area contributed by atoms with E-state index >= 15 is 0 Å². The Kier molecular flexibility index (Phi) is 4.10. The first kappa shape index (κ1) is 18.6. The normalized spacial score (nSPS) is 20.6. The summed E-state index contributed by atoms with van der Waals surface area (Å²) in [6.07, 6.45) is -1.14. The number of anilines is 1. The summed E-state index contributed by atoms with van der Waals surface area (Å²) in [5.74, 6) is -2.05. The minimum atomic E-state index is -1.14. The molecule has 0 spiro atoms. The maximum atomic E-state index is 13.3. The molecule has 0 aliphatic carbocycles. The second-order valence-corrected chi connectivity index (χ2v) is 6.77. The van der Waals surface area contributed by atoms with E-state index in [9.17, 15) is 19.7 Å². The third kappa shape index (κ3) is 2.57. The summed E-state index contributed by atoms with van der Waals surface area (Å²) in [6.45, 7) is 3.61. The summed E-state index contributed by atoms with van der Waals surface area (Å²) < 4.78 is 6.87. The number of amides is 2. The molecule has 0 radical (unpaired) electrons. The van der Waals surface area contributed by atoms with Gasteiger partial charge in [0.2, 0.25) is 12.0 Å². The van der Waals surface area contributed by atoms with Gasteiger partial charge < -0.3 is 9.57 Å². The summed E-state index contributed by atoms with van der Waals surface area (Å²) in [7, 11) is 3.11. The molecule has 1 fully saturated rings. The molecule has 11 nitrogen and oxygen atoms in total. The van der Waals surface area contributed by atoms with E-state index in [2.05, 4.69) is 10.3 Å². The highest BCUT2D eigenvalue weighted by molar-refractivity contribution is 6.33. The topological polar surface area (TPSA) is 129 Å². The van der Waals surface area contributed by atoms with Crippen LogP contribution in [0.2, 0.25) is 0 Å². The van der Waals surface area contributed by atoms with Crippen LogP contribution < -0.4 is 9.64 Å². The van der Waals surface area contributed by atoms with Crippen molar-refractivity contribution in [2.45, 2.75) is 20.0 Å². The SMILES string of the molecule is COc1ccc([N+](=O)[O-])cc1N1C(=O)[C@H]2C(c3c(C)nn(C)c3C)=NO[C@@H]2C1=O. The van der Waals surface area contributed by atoms with Crippen molar-refractivity contribution in [3.8, 4) is 5.75 Å². The summed E-state index contributed by atoms with van der Waals surface area (Å²) in [6, 6.07) is 3.71. The van der Waals surface area contributed by atoms with Gasteiger partial charge in [-0.25, -0.2) is 4.90 Å². The number of hydrogen-bond acceptors (Lipinski definition) is 8. The molecule has 150 valence electrons. The summed E-state index contributed by atoms with van der Waals surface area (Å²) in [4.78, 5) is 43.0. The van der Waals surface area contributed by atoms with Gasteiger partial charge in [-0.3, -0.25) is 24.4 Å². The van der Waals surface area contributed by atoms with E-state index in [1.165, 1.54) is 19.2 Å². The Hall–Kier alpha value is -3.76. The number of nitro benzene ring substituents is 1. The Bertz CT molecular complexity index is 1100. The number of hydrogen-bond donors (Lipinski definition) is 0. The molecule has 2 aliphatic rings. The van der Waals surface area contributed by atoms with Gasteiger partial charge in [-0.2, -0.15) is 5.10 Å². The number of aryl methyl sites for hydroxylation is 2. The van der Waals surface area contributed by atoms with Crippen molar-refractivity contribution < 1.29 is 24.1 Å². The number of methoxy groups -OCH3 is 1. The zero-order valence-electron chi connectivity index (χ0n) is 16.1. The maximum absolute atomic E-state index is 13.3.